The van der Waals surface area contributed by atoms with E-state index in [1.807, 2.05) is 26.0 Å². The second kappa shape index (κ2) is 9.55. The highest BCUT2D eigenvalue weighted by atomic mass is 16.2. The van der Waals surface area contributed by atoms with Gasteiger partial charge in [0.05, 0.1) is 6.34 Å². The zero-order valence-electron chi connectivity index (χ0n) is 14.5. The first-order chi connectivity index (χ1) is 10.9. The van der Waals surface area contributed by atoms with Crippen LogP contribution in [0.2, 0.25) is 0 Å². The minimum atomic E-state index is -0.361. The van der Waals surface area contributed by atoms with Gasteiger partial charge in [0.25, 0.3) is 5.91 Å². The van der Waals surface area contributed by atoms with Crippen LogP contribution in [0.4, 0.5) is 5.82 Å². The van der Waals surface area contributed by atoms with Gasteiger partial charge in [-0.2, -0.15) is 5.10 Å². The molecule has 0 saturated heterocycles. The van der Waals surface area contributed by atoms with Crippen molar-refractivity contribution in [3.8, 4) is 0 Å². The third-order valence-corrected chi connectivity index (χ3v) is 2.87. The van der Waals surface area contributed by atoms with E-state index < -0.39 is 0 Å². The molecular formula is C16H26N6O. The molecule has 7 heteroatoms. The third kappa shape index (κ3) is 7.94. The van der Waals surface area contributed by atoms with Crippen molar-refractivity contribution in [1.29, 1.82) is 0 Å². The number of hydrazone groups is 1. The van der Waals surface area contributed by atoms with Crippen molar-refractivity contribution in [1.82, 2.24) is 20.2 Å². The van der Waals surface area contributed by atoms with Gasteiger partial charge in [-0.15, -0.1) is 0 Å². The predicted octanol–water partition coefficient (Wildman–Crippen LogP) is 1.95. The molecule has 1 N–H and O–H groups in total. The van der Waals surface area contributed by atoms with Crippen LogP contribution in [0.15, 0.2) is 28.3 Å². The first kappa shape index (κ1) is 18.6. The lowest BCUT2D eigenvalue weighted by molar-refractivity contribution is 0.0949. The minimum absolute atomic E-state index is 0.278. The summed E-state index contributed by atoms with van der Waals surface area (Å²) in [5.74, 6) is 0.750. The SMILES string of the molecule is CC(C)CCN(C)/C=N/NC(=O)c1cccc(/N=C/N(C)C)n1. The molecule has 0 saturated carbocycles. The molecule has 0 fully saturated rings. The number of aromatic nitrogens is 1. The fourth-order valence-electron chi connectivity index (χ4n) is 1.56. The third-order valence-electron chi connectivity index (χ3n) is 2.87. The quantitative estimate of drug-likeness (QED) is 0.452. The Hall–Kier alpha value is -2.44. The Balaban J connectivity index is 2.56. The summed E-state index contributed by atoms with van der Waals surface area (Å²) in [7, 11) is 5.65. The Bertz CT molecular complexity index is 553. The Kier molecular flexibility index (Phi) is 7.73. The lowest BCUT2D eigenvalue weighted by Crippen LogP contribution is -2.24. The van der Waals surface area contributed by atoms with Gasteiger partial charge in [0, 0.05) is 27.7 Å². The van der Waals surface area contributed by atoms with E-state index in [1.54, 1.807) is 35.8 Å². The first-order valence-electron chi connectivity index (χ1n) is 7.60. The van der Waals surface area contributed by atoms with Crippen LogP contribution in [-0.2, 0) is 0 Å². The van der Waals surface area contributed by atoms with Gasteiger partial charge in [-0.3, -0.25) is 4.79 Å². The lowest BCUT2D eigenvalue weighted by Gasteiger charge is -2.13. The van der Waals surface area contributed by atoms with Crippen molar-refractivity contribution < 1.29 is 4.79 Å². The molecule has 0 unspecified atom stereocenters. The maximum Gasteiger partial charge on any atom is 0.290 e. The van der Waals surface area contributed by atoms with Crippen LogP contribution < -0.4 is 5.43 Å². The molecule has 0 atom stereocenters. The first-order valence-corrected chi connectivity index (χ1v) is 7.60. The Morgan fingerprint density at radius 2 is 2.04 bits per heavy atom. The van der Waals surface area contributed by atoms with Crippen LogP contribution in [-0.4, -0.2) is 61.1 Å². The molecule has 1 aromatic rings. The summed E-state index contributed by atoms with van der Waals surface area (Å²) < 4.78 is 0. The Morgan fingerprint density at radius 1 is 1.30 bits per heavy atom. The topological polar surface area (TPSA) is 73.2 Å². The number of carbonyl (C=O) groups is 1. The standard InChI is InChI=1S/C16H26N6O/c1-13(2)9-10-22(5)12-18-20-16(23)14-7-6-8-15(19-14)17-11-21(3)4/h6-8,11-13H,9-10H2,1-5H3,(H,20,23)/b17-11+,18-12+. The summed E-state index contributed by atoms with van der Waals surface area (Å²) in [5, 5.41) is 3.94. The average Bonchev–Trinajstić information content (AvgIpc) is 2.51. The summed E-state index contributed by atoms with van der Waals surface area (Å²) in [5.41, 5.74) is 2.75. The molecule has 126 valence electrons. The number of nitrogens with one attached hydrogen (secondary N) is 1. The summed E-state index contributed by atoms with van der Waals surface area (Å²) in [4.78, 5) is 24.1. The molecule has 1 heterocycles. The lowest BCUT2D eigenvalue weighted by atomic mass is 10.1. The maximum atomic E-state index is 12.0. The largest absolute Gasteiger partial charge is 0.369 e. The number of carbonyl (C=O) groups excluding carboxylic acids is 1. The van der Waals surface area contributed by atoms with Gasteiger partial charge in [0.1, 0.15) is 12.0 Å². The van der Waals surface area contributed by atoms with Gasteiger partial charge in [0.15, 0.2) is 5.82 Å². The number of hydrogen-bond acceptors (Lipinski definition) is 4. The highest BCUT2D eigenvalue weighted by molar-refractivity contribution is 5.92. The number of amides is 1. The van der Waals surface area contributed by atoms with Gasteiger partial charge in [-0.1, -0.05) is 19.9 Å². The number of hydrogen-bond donors (Lipinski definition) is 1. The second-order valence-corrected chi connectivity index (χ2v) is 5.94. The van der Waals surface area contributed by atoms with E-state index in [2.05, 4.69) is 34.4 Å². The Morgan fingerprint density at radius 3 is 2.70 bits per heavy atom. The van der Waals surface area contributed by atoms with Crippen molar-refractivity contribution in [2.24, 2.45) is 16.0 Å². The molecule has 7 nitrogen and oxygen atoms in total. The van der Waals surface area contributed by atoms with Crippen molar-refractivity contribution in [3.63, 3.8) is 0 Å². The van der Waals surface area contributed by atoms with Crippen LogP contribution >= 0.6 is 0 Å². The smallest absolute Gasteiger partial charge is 0.290 e. The molecule has 1 rings (SSSR count). The summed E-state index contributed by atoms with van der Waals surface area (Å²) in [6.45, 7) is 5.23. The summed E-state index contributed by atoms with van der Waals surface area (Å²) >= 11 is 0. The number of pyridine rings is 1. The van der Waals surface area contributed by atoms with Gasteiger partial charge in [-0.05, 0) is 24.5 Å². The number of nitrogens with zero attached hydrogens (tertiary/aromatic N) is 5. The van der Waals surface area contributed by atoms with Crippen LogP contribution in [0, 0.1) is 5.92 Å². The molecule has 0 aromatic carbocycles. The second-order valence-electron chi connectivity index (χ2n) is 5.94. The van der Waals surface area contributed by atoms with Crippen molar-refractivity contribution in [2.45, 2.75) is 20.3 Å². The fourth-order valence-corrected chi connectivity index (χ4v) is 1.56. The average molecular weight is 318 g/mol. The highest BCUT2D eigenvalue weighted by Gasteiger charge is 2.06. The van der Waals surface area contributed by atoms with E-state index in [1.165, 1.54) is 0 Å². The summed E-state index contributed by atoms with van der Waals surface area (Å²) in [6, 6.07) is 5.10. The normalized spacial score (nSPS) is 11.4. The van der Waals surface area contributed by atoms with E-state index in [0.29, 0.717) is 11.7 Å². The van der Waals surface area contributed by atoms with Gasteiger partial charge < -0.3 is 9.80 Å². The highest BCUT2D eigenvalue weighted by Crippen LogP contribution is 2.08. The molecule has 1 aromatic heterocycles. The van der Waals surface area contributed by atoms with Gasteiger partial charge in [0.2, 0.25) is 0 Å². The van der Waals surface area contributed by atoms with Crippen LogP contribution in [0.25, 0.3) is 0 Å². The van der Waals surface area contributed by atoms with Crippen LogP contribution in [0.5, 0.6) is 0 Å². The number of rotatable bonds is 8. The molecule has 0 aliphatic heterocycles. The predicted molar refractivity (Wildman–Crippen MR) is 94.1 cm³/mol. The molecule has 0 bridgehead atoms. The van der Waals surface area contributed by atoms with Crippen LogP contribution in [0.3, 0.4) is 0 Å². The van der Waals surface area contributed by atoms with Crippen molar-refractivity contribution >= 4 is 24.4 Å². The molecular weight excluding hydrogens is 292 g/mol. The molecule has 1 amide bonds. The molecule has 23 heavy (non-hydrogen) atoms. The molecule has 0 radical (unpaired) electrons. The van der Waals surface area contributed by atoms with Gasteiger partial charge in [-0.25, -0.2) is 15.4 Å². The van der Waals surface area contributed by atoms with Crippen LogP contribution in [0.1, 0.15) is 30.8 Å². The van der Waals surface area contributed by atoms with Gasteiger partial charge >= 0.3 is 0 Å². The van der Waals surface area contributed by atoms with E-state index in [4.69, 9.17) is 0 Å². The molecule has 0 aliphatic rings. The molecule has 0 aliphatic carbocycles. The van der Waals surface area contributed by atoms with E-state index >= 15 is 0 Å². The maximum absolute atomic E-state index is 12.0. The fraction of sp³-hybridized carbons (Fsp3) is 0.500. The zero-order chi connectivity index (χ0) is 17.2. The van der Waals surface area contributed by atoms with Crippen molar-refractivity contribution in [2.75, 3.05) is 27.7 Å². The monoisotopic (exact) mass is 318 g/mol. The minimum Gasteiger partial charge on any atom is -0.369 e. The summed E-state index contributed by atoms with van der Waals surface area (Å²) in [6.07, 6.45) is 4.31. The molecule has 0 spiro atoms. The van der Waals surface area contributed by atoms with E-state index in [9.17, 15) is 4.79 Å². The number of aliphatic imine (C=N–C) groups is 1. The zero-order valence-corrected chi connectivity index (χ0v) is 14.5. The van der Waals surface area contributed by atoms with E-state index in [0.717, 1.165) is 13.0 Å². The Labute approximate surface area is 138 Å². The van der Waals surface area contributed by atoms with Crippen molar-refractivity contribution in [3.05, 3.63) is 23.9 Å². The van der Waals surface area contributed by atoms with E-state index in [-0.39, 0.29) is 11.6 Å².